The van der Waals surface area contributed by atoms with Gasteiger partial charge in [-0.3, -0.25) is 9.59 Å². The lowest BCUT2D eigenvalue weighted by Crippen LogP contribution is -2.34. The summed E-state index contributed by atoms with van der Waals surface area (Å²) >= 11 is 7.07. The van der Waals surface area contributed by atoms with E-state index in [1.165, 1.54) is 11.8 Å². The van der Waals surface area contributed by atoms with Gasteiger partial charge in [0.1, 0.15) is 5.76 Å². The number of anilines is 1. The summed E-state index contributed by atoms with van der Waals surface area (Å²) < 4.78 is 5.27. The molecule has 0 aliphatic rings. The summed E-state index contributed by atoms with van der Waals surface area (Å²) in [5.41, 5.74) is 0.686. The Kier molecular flexibility index (Phi) is 7.88. The van der Waals surface area contributed by atoms with Crippen LogP contribution in [0.3, 0.4) is 0 Å². The number of hydrogen-bond donors (Lipinski definition) is 2. The van der Waals surface area contributed by atoms with E-state index in [4.69, 9.17) is 16.0 Å². The molecule has 0 bridgehead atoms. The van der Waals surface area contributed by atoms with Gasteiger partial charge in [0.15, 0.2) is 0 Å². The first-order valence-corrected chi connectivity index (χ1v) is 9.51. The van der Waals surface area contributed by atoms with Gasteiger partial charge in [-0.15, -0.1) is 11.8 Å². The largest absolute Gasteiger partial charge is 0.469 e. The van der Waals surface area contributed by atoms with E-state index in [9.17, 15) is 9.59 Å². The van der Waals surface area contributed by atoms with Gasteiger partial charge in [-0.25, -0.2) is 0 Å². The molecule has 2 N–H and O–H groups in total. The van der Waals surface area contributed by atoms with Gasteiger partial charge >= 0.3 is 0 Å². The predicted octanol–water partition coefficient (Wildman–Crippen LogP) is 3.74. The van der Waals surface area contributed by atoms with Gasteiger partial charge in [0.2, 0.25) is 11.8 Å². The highest BCUT2D eigenvalue weighted by Gasteiger charge is 2.10. The molecule has 0 unspecified atom stereocenters. The number of nitrogens with one attached hydrogen (secondary N) is 2. The van der Waals surface area contributed by atoms with E-state index in [1.807, 2.05) is 19.1 Å². The number of halogens is 1. The zero-order valence-electron chi connectivity index (χ0n) is 14.0. The Bertz CT molecular complexity index is 674. The lowest BCUT2D eigenvalue weighted by Gasteiger charge is -2.13. The van der Waals surface area contributed by atoms with Gasteiger partial charge in [0, 0.05) is 23.2 Å². The van der Waals surface area contributed by atoms with Crippen molar-refractivity contribution < 1.29 is 14.0 Å². The molecule has 2 rings (SSSR count). The van der Waals surface area contributed by atoms with Crippen LogP contribution in [-0.4, -0.2) is 29.4 Å². The van der Waals surface area contributed by atoms with Gasteiger partial charge in [-0.05, 0) is 49.7 Å². The van der Waals surface area contributed by atoms with Crippen molar-refractivity contribution in [2.75, 3.05) is 16.8 Å². The van der Waals surface area contributed by atoms with E-state index < -0.39 is 0 Å². The SMILES string of the molecule is C[C@H](CCc1ccco1)NC(=O)CSCC(=O)Nc1ccc(Cl)cc1. The minimum Gasteiger partial charge on any atom is -0.469 e. The maximum absolute atomic E-state index is 11.9. The molecule has 2 aromatic rings. The Hall–Kier alpha value is -1.92. The zero-order chi connectivity index (χ0) is 18.1. The Labute approximate surface area is 156 Å². The number of carbonyl (C=O) groups excluding carboxylic acids is 2. The molecule has 134 valence electrons. The van der Waals surface area contributed by atoms with Crippen molar-refractivity contribution in [3.63, 3.8) is 0 Å². The van der Waals surface area contributed by atoms with Crippen molar-refractivity contribution >= 4 is 40.9 Å². The number of benzene rings is 1. The molecule has 0 radical (unpaired) electrons. The topological polar surface area (TPSA) is 71.3 Å². The van der Waals surface area contributed by atoms with Crippen molar-refractivity contribution in [3.8, 4) is 0 Å². The third kappa shape index (κ3) is 7.67. The average Bonchev–Trinajstić information content (AvgIpc) is 3.08. The second kappa shape index (κ2) is 10.2. The molecule has 1 heterocycles. The second-order valence-corrected chi connectivity index (χ2v) is 7.06. The molecule has 0 aliphatic heterocycles. The summed E-state index contributed by atoms with van der Waals surface area (Å²) in [7, 11) is 0. The standard InChI is InChI=1S/C18H21ClN2O3S/c1-13(4-9-16-3-2-10-24-16)20-17(22)11-25-12-18(23)21-15-7-5-14(19)6-8-15/h2-3,5-8,10,13H,4,9,11-12H2,1H3,(H,20,22)(H,21,23)/t13-/m1/s1. The van der Waals surface area contributed by atoms with Crippen molar-refractivity contribution in [2.24, 2.45) is 0 Å². The summed E-state index contributed by atoms with van der Waals surface area (Å²) in [5.74, 6) is 1.16. The molecule has 0 fully saturated rings. The first kappa shape index (κ1) is 19.4. The van der Waals surface area contributed by atoms with E-state index in [1.54, 1.807) is 30.5 Å². The van der Waals surface area contributed by atoms with Gasteiger partial charge in [0.05, 0.1) is 17.8 Å². The predicted molar refractivity (Wildman–Crippen MR) is 102 cm³/mol. The van der Waals surface area contributed by atoms with Crippen LogP contribution >= 0.6 is 23.4 Å². The highest BCUT2D eigenvalue weighted by molar-refractivity contribution is 8.00. The highest BCUT2D eigenvalue weighted by atomic mass is 35.5. The molecule has 7 heteroatoms. The summed E-state index contributed by atoms with van der Waals surface area (Å²) in [4.78, 5) is 23.7. The quantitative estimate of drug-likeness (QED) is 0.695. The third-order valence-electron chi connectivity index (χ3n) is 3.41. The number of aryl methyl sites for hydroxylation is 1. The average molecular weight is 381 g/mol. The van der Waals surface area contributed by atoms with Gasteiger partial charge in [-0.2, -0.15) is 0 Å². The number of carbonyl (C=O) groups is 2. The van der Waals surface area contributed by atoms with Gasteiger partial charge in [-0.1, -0.05) is 11.6 Å². The maximum atomic E-state index is 11.9. The van der Waals surface area contributed by atoms with Gasteiger partial charge < -0.3 is 15.1 Å². The first-order valence-electron chi connectivity index (χ1n) is 7.98. The van der Waals surface area contributed by atoms with E-state index in [0.717, 1.165) is 18.6 Å². The van der Waals surface area contributed by atoms with Crippen LogP contribution in [0.25, 0.3) is 0 Å². The third-order valence-corrected chi connectivity index (χ3v) is 4.59. The first-order chi connectivity index (χ1) is 12.0. The lowest BCUT2D eigenvalue weighted by molar-refractivity contribution is -0.119. The number of thioether (sulfide) groups is 1. The minimum atomic E-state index is -0.147. The van der Waals surface area contributed by atoms with E-state index in [0.29, 0.717) is 10.7 Å². The monoisotopic (exact) mass is 380 g/mol. The number of furan rings is 1. The fourth-order valence-electron chi connectivity index (χ4n) is 2.17. The van der Waals surface area contributed by atoms with Crippen LogP contribution in [0.5, 0.6) is 0 Å². The van der Waals surface area contributed by atoms with Crippen LogP contribution in [0.4, 0.5) is 5.69 Å². The molecule has 0 spiro atoms. The van der Waals surface area contributed by atoms with E-state index in [2.05, 4.69) is 10.6 Å². The molecular formula is C18H21ClN2O3S. The Morgan fingerprint density at radius 1 is 1.16 bits per heavy atom. The Morgan fingerprint density at radius 3 is 2.56 bits per heavy atom. The molecule has 1 atom stereocenters. The Morgan fingerprint density at radius 2 is 1.88 bits per heavy atom. The number of amides is 2. The highest BCUT2D eigenvalue weighted by Crippen LogP contribution is 2.14. The zero-order valence-corrected chi connectivity index (χ0v) is 15.5. The molecule has 0 aliphatic carbocycles. The number of rotatable bonds is 9. The van der Waals surface area contributed by atoms with Crippen molar-refractivity contribution in [3.05, 3.63) is 53.4 Å². The fraction of sp³-hybridized carbons (Fsp3) is 0.333. The van der Waals surface area contributed by atoms with Crippen LogP contribution < -0.4 is 10.6 Å². The van der Waals surface area contributed by atoms with Crippen molar-refractivity contribution in [1.29, 1.82) is 0 Å². The fourth-order valence-corrected chi connectivity index (χ4v) is 2.92. The van der Waals surface area contributed by atoms with Gasteiger partial charge in [0.25, 0.3) is 0 Å². The van der Waals surface area contributed by atoms with Crippen molar-refractivity contribution in [2.45, 2.75) is 25.8 Å². The molecular weight excluding hydrogens is 360 g/mol. The molecule has 25 heavy (non-hydrogen) atoms. The van der Waals surface area contributed by atoms with Crippen LogP contribution in [0.2, 0.25) is 5.02 Å². The van der Waals surface area contributed by atoms with Crippen LogP contribution in [-0.2, 0) is 16.0 Å². The lowest BCUT2D eigenvalue weighted by atomic mass is 10.1. The maximum Gasteiger partial charge on any atom is 0.234 e. The molecule has 2 amide bonds. The second-order valence-electron chi connectivity index (χ2n) is 5.63. The smallest absolute Gasteiger partial charge is 0.234 e. The molecule has 0 saturated heterocycles. The van der Waals surface area contributed by atoms with E-state index in [-0.39, 0.29) is 29.4 Å². The van der Waals surface area contributed by atoms with Crippen LogP contribution in [0.1, 0.15) is 19.1 Å². The molecule has 0 saturated carbocycles. The summed E-state index contributed by atoms with van der Waals surface area (Å²) in [6, 6.07) is 10.7. The summed E-state index contributed by atoms with van der Waals surface area (Å²) in [5, 5.41) is 6.30. The van der Waals surface area contributed by atoms with Crippen LogP contribution in [0.15, 0.2) is 47.1 Å². The van der Waals surface area contributed by atoms with Crippen molar-refractivity contribution in [1.82, 2.24) is 5.32 Å². The summed E-state index contributed by atoms with van der Waals surface area (Å²) in [6.07, 6.45) is 3.23. The molecule has 1 aromatic heterocycles. The molecule has 1 aromatic carbocycles. The minimum absolute atomic E-state index is 0.0566. The normalized spacial score (nSPS) is 11.8. The van der Waals surface area contributed by atoms with Crippen LogP contribution in [0, 0.1) is 0 Å². The van der Waals surface area contributed by atoms with E-state index >= 15 is 0 Å². The number of hydrogen-bond acceptors (Lipinski definition) is 4. The molecule has 5 nitrogen and oxygen atoms in total. The summed E-state index contributed by atoms with van der Waals surface area (Å²) in [6.45, 7) is 1.96. The Balaban J connectivity index is 1.59.